The molecule has 1 heterocycles. The van der Waals surface area contributed by atoms with E-state index < -0.39 is 0 Å². The van der Waals surface area contributed by atoms with Crippen LogP contribution in [0.5, 0.6) is 0 Å². The molecule has 0 saturated heterocycles. The van der Waals surface area contributed by atoms with Crippen LogP contribution in [0.2, 0.25) is 0 Å². The number of anilines is 1. The summed E-state index contributed by atoms with van der Waals surface area (Å²) in [7, 11) is 2.00. The van der Waals surface area contributed by atoms with Crippen LogP contribution in [-0.2, 0) is 12.8 Å². The zero-order valence-electron chi connectivity index (χ0n) is 12.7. The molecule has 110 valence electrons. The minimum absolute atomic E-state index is 0.592. The van der Waals surface area contributed by atoms with Gasteiger partial charge in [0.15, 0.2) is 0 Å². The summed E-state index contributed by atoms with van der Waals surface area (Å²) in [4.78, 5) is 9.84. The van der Waals surface area contributed by atoms with Gasteiger partial charge in [0.25, 0.3) is 0 Å². The van der Waals surface area contributed by atoms with Crippen molar-refractivity contribution in [2.75, 3.05) is 12.4 Å². The Balaban J connectivity index is 1.88. The molecular formula is C17H27N3. The lowest BCUT2D eigenvalue weighted by atomic mass is 9.89. The molecule has 1 saturated carbocycles. The maximum Gasteiger partial charge on any atom is 0.134 e. The van der Waals surface area contributed by atoms with Gasteiger partial charge in [0, 0.05) is 24.2 Å². The van der Waals surface area contributed by atoms with Crippen LogP contribution in [-0.4, -0.2) is 17.0 Å². The summed E-state index contributed by atoms with van der Waals surface area (Å²) in [6.07, 6.45) is 14.3. The summed E-state index contributed by atoms with van der Waals surface area (Å²) in [5.74, 6) is 2.82. The Morgan fingerprint density at radius 2 is 1.55 bits per heavy atom. The van der Waals surface area contributed by atoms with Crippen LogP contribution in [0.25, 0.3) is 0 Å². The highest BCUT2D eigenvalue weighted by Crippen LogP contribution is 2.32. The first-order valence-corrected chi connectivity index (χ1v) is 8.46. The van der Waals surface area contributed by atoms with E-state index in [9.17, 15) is 0 Å². The van der Waals surface area contributed by atoms with Crippen LogP contribution in [0.15, 0.2) is 0 Å². The van der Waals surface area contributed by atoms with E-state index in [1.807, 2.05) is 7.05 Å². The Morgan fingerprint density at radius 1 is 0.850 bits per heavy atom. The molecular weight excluding hydrogens is 246 g/mol. The summed E-state index contributed by atoms with van der Waals surface area (Å²) in [6.45, 7) is 0. The second-order valence-corrected chi connectivity index (χ2v) is 6.35. The molecule has 3 heteroatoms. The molecule has 0 atom stereocenters. The van der Waals surface area contributed by atoms with Crippen LogP contribution in [0.4, 0.5) is 5.82 Å². The van der Waals surface area contributed by atoms with Crippen molar-refractivity contribution in [3.8, 4) is 0 Å². The smallest absolute Gasteiger partial charge is 0.134 e. The van der Waals surface area contributed by atoms with Gasteiger partial charge in [-0.1, -0.05) is 32.1 Å². The molecule has 0 aliphatic heterocycles. The maximum absolute atomic E-state index is 4.97. The number of nitrogens with zero attached hydrogens (tertiary/aromatic N) is 2. The summed E-state index contributed by atoms with van der Waals surface area (Å²) in [5, 5.41) is 3.31. The van der Waals surface area contributed by atoms with E-state index in [2.05, 4.69) is 5.32 Å². The molecule has 1 N–H and O–H groups in total. The van der Waals surface area contributed by atoms with Crippen molar-refractivity contribution in [2.45, 2.75) is 76.5 Å². The molecule has 0 amide bonds. The monoisotopic (exact) mass is 273 g/mol. The number of hydrogen-bond acceptors (Lipinski definition) is 3. The third kappa shape index (κ3) is 2.97. The molecule has 0 spiro atoms. The van der Waals surface area contributed by atoms with Crippen molar-refractivity contribution in [1.82, 2.24) is 9.97 Å². The second kappa shape index (κ2) is 6.55. The SMILES string of the molecule is CNc1nc(C2CCCCCCC2)nc2c1CCCC2. The molecule has 0 bridgehead atoms. The molecule has 1 fully saturated rings. The van der Waals surface area contributed by atoms with Gasteiger partial charge < -0.3 is 5.32 Å². The highest BCUT2D eigenvalue weighted by atomic mass is 15.0. The van der Waals surface area contributed by atoms with Crippen LogP contribution in [0, 0.1) is 0 Å². The number of nitrogens with one attached hydrogen (secondary N) is 1. The molecule has 0 unspecified atom stereocenters. The van der Waals surface area contributed by atoms with Crippen molar-refractivity contribution < 1.29 is 0 Å². The second-order valence-electron chi connectivity index (χ2n) is 6.35. The van der Waals surface area contributed by atoms with E-state index >= 15 is 0 Å². The summed E-state index contributed by atoms with van der Waals surface area (Å²) < 4.78 is 0. The van der Waals surface area contributed by atoms with Crippen LogP contribution >= 0.6 is 0 Å². The van der Waals surface area contributed by atoms with Gasteiger partial charge in [0.2, 0.25) is 0 Å². The third-order valence-electron chi connectivity index (χ3n) is 4.91. The van der Waals surface area contributed by atoms with Crippen molar-refractivity contribution >= 4 is 5.82 Å². The Kier molecular flexibility index (Phi) is 4.54. The molecule has 1 aromatic heterocycles. The Bertz CT molecular complexity index is 431. The van der Waals surface area contributed by atoms with Crippen molar-refractivity contribution in [2.24, 2.45) is 0 Å². The van der Waals surface area contributed by atoms with Crippen molar-refractivity contribution in [3.63, 3.8) is 0 Å². The van der Waals surface area contributed by atoms with Gasteiger partial charge in [-0.3, -0.25) is 0 Å². The summed E-state index contributed by atoms with van der Waals surface area (Å²) in [6, 6.07) is 0. The molecule has 0 radical (unpaired) electrons. The van der Waals surface area contributed by atoms with Gasteiger partial charge in [-0.2, -0.15) is 0 Å². The Morgan fingerprint density at radius 3 is 2.30 bits per heavy atom. The molecule has 0 aromatic carbocycles. The number of fused-ring (bicyclic) bond motifs is 1. The predicted molar refractivity (Wildman–Crippen MR) is 83.3 cm³/mol. The van der Waals surface area contributed by atoms with Crippen molar-refractivity contribution in [1.29, 1.82) is 0 Å². The Labute approximate surface area is 122 Å². The van der Waals surface area contributed by atoms with Gasteiger partial charge >= 0.3 is 0 Å². The van der Waals surface area contributed by atoms with Crippen LogP contribution < -0.4 is 5.32 Å². The van der Waals surface area contributed by atoms with Gasteiger partial charge in [-0.25, -0.2) is 9.97 Å². The van der Waals surface area contributed by atoms with Crippen LogP contribution in [0.1, 0.15) is 80.8 Å². The number of rotatable bonds is 2. The lowest BCUT2D eigenvalue weighted by molar-refractivity contribution is 0.440. The van der Waals surface area contributed by atoms with Gasteiger partial charge in [-0.15, -0.1) is 0 Å². The minimum atomic E-state index is 0.592. The largest absolute Gasteiger partial charge is 0.373 e. The van der Waals surface area contributed by atoms with Crippen LogP contribution in [0.3, 0.4) is 0 Å². The fourth-order valence-corrected chi connectivity index (χ4v) is 3.72. The number of aromatic nitrogens is 2. The topological polar surface area (TPSA) is 37.8 Å². The standard InChI is InChI=1S/C17H27N3/c1-18-17-14-11-7-8-12-15(14)19-16(20-17)13-9-5-3-2-4-6-10-13/h13H,2-12H2,1H3,(H,18,19,20). The molecule has 2 aliphatic rings. The molecule has 20 heavy (non-hydrogen) atoms. The average molecular weight is 273 g/mol. The molecule has 3 nitrogen and oxygen atoms in total. The summed E-state index contributed by atoms with van der Waals surface area (Å²) in [5.41, 5.74) is 2.71. The quantitative estimate of drug-likeness (QED) is 0.876. The number of aryl methyl sites for hydroxylation is 1. The zero-order valence-corrected chi connectivity index (χ0v) is 12.7. The fraction of sp³-hybridized carbons (Fsp3) is 0.765. The van der Waals surface area contributed by atoms with E-state index in [0.717, 1.165) is 24.5 Å². The van der Waals surface area contributed by atoms with E-state index in [0.29, 0.717) is 5.92 Å². The molecule has 3 rings (SSSR count). The van der Waals surface area contributed by atoms with Gasteiger partial charge in [0.05, 0.1) is 0 Å². The normalized spacial score (nSPS) is 20.9. The first kappa shape index (κ1) is 13.8. The lowest BCUT2D eigenvalue weighted by Crippen LogP contribution is -2.16. The molecule has 1 aromatic rings. The van der Waals surface area contributed by atoms with Gasteiger partial charge in [-0.05, 0) is 38.5 Å². The third-order valence-corrected chi connectivity index (χ3v) is 4.91. The fourth-order valence-electron chi connectivity index (χ4n) is 3.72. The molecule has 2 aliphatic carbocycles. The highest BCUT2D eigenvalue weighted by Gasteiger charge is 2.22. The van der Waals surface area contributed by atoms with Crippen molar-refractivity contribution in [3.05, 3.63) is 17.1 Å². The van der Waals surface area contributed by atoms with E-state index in [1.165, 1.54) is 69.0 Å². The lowest BCUT2D eigenvalue weighted by Gasteiger charge is -2.23. The highest BCUT2D eigenvalue weighted by molar-refractivity contribution is 5.47. The van der Waals surface area contributed by atoms with E-state index in [1.54, 1.807) is 0 Å². The summed E-state index contributed by atoms with van der Waals surface area (Å²) >= 11 is 0. The van der Waals surface area contributed by atoms with Gasteiger partial charge in [0.1, 0.15) is 11.6 Å². The van der Waals surface area contributed by atoms with E-state index in [4.69, 9.17) is 9.97 Å². The Hall–Kier alpha value is -1.12. The minimum Gasteiger partial charge on any atom is -0.373 e. The maximum atomic E-state index is 4.97. The zero-order chi connectivity index (χ0) is 13.8. The first-order chi connectivity index (χ1) is 9.88. The average Bonchev–Trinajstić information content (AvgIpc) is 2.46. The van der Waals surface area contributed by atoms with E-state index in [-0.39, 0.29) is 0 Å². The first-order valence-electron chi connectivity index (χ1n) is 8.46. The number of hydrogen-bond donors (Lipinski definition) is 1. The predicted octanol–water partition coefficient (Wildman–Crippen LogP) is 4.23.